The largest absolute Gasteiger partial charge is 0.483 e. The number of likely N-dealkylation sites (tertiary alicyclic amines) is 1. The number of benzene rings is 1. The number of halogens is 4. The highest BCUT2D eigenvalue weighted by atomic mass is 32.1. The van der Waals surface area contributed by atoms with E-state index in [0.717, 1.165) is 0 Å². The van der Waals surface area contributed by atoms with Gasteiger partial charge in [0.1, 0.15) is 12.8 Å². The summed E-state index contributed by atoms with van der Waals surface area (Å²) in [5.41, 5.74) is 5.60. The predicted octanol–water partition coefficient (Wildman–Crippen LogP) is 3.14. The van der Waals surface area contributed by atoms with E-state index in [4.69, 9.17) is 22.5 Å². The summed E-state index contributed by atoms with van der Waals surface area (Å²) in [7, 11) is 0. The van der Waals surface area contributed by atoms with E-state index in [1.165, 1.54) is 0 Å². The first-order chi connectivity index (χ1) is 14.1. The number of imide groups is 1. The molecule has 1 aromatic rings. The van der Waals surface area contributed by atoms with Crippen LogP contribution < -0.4 is 5.32 Å². The highest BCUT2D eigenvalue weighted by Gasteiger charge is 2.38. The van der Waals surface area contributed by atoms with Crippen molar-refractivity contribution in [3.05, 3.63) is 39.3 Å². The van der Waals surface area contributed by atoms with Crippen LogP contribution in [0.4, 0.5) is 23.2 Å². The molecular weight excluding hydrogens is 434 g/mol. The molecular formula is C16H13F4N5O4S. The fourth-order valence-corrected chi connectivity index (χ4v) is 2.65. The van der Waals surface area contributed by atoms with Crippen LogP contribution in [0.1, 0.15) is 36.5 Å². The quantitative estimate of drug-likeness (QED) is 0.101. The Balaban J connectivity index is 2.47. The maximum absolute atomic E-state index is 14.2. The molecule has 0 spiro atoms. The van der Waals surface area contributed by atoms with Crippen LogP contribution in [-0.2, 0) is 14.3 Å². The Kier molecular flexibility index (Phi) is 7.29. The molecule has 1 saturated heterocycles. The fourth-order valence-electron chi connectivity index (χ4n) is 2.59. The van der Waals surface area contributed by atoms with E-state index in [1.807, 2.05) is 5.32 Å². The van der Waals surface area contributed by atoms with Crippen LogP contribution in [0.15, 0.2) is 5.11 Å². The molecule has 1 atom stereocenters. The average molecular weight is 447 g/mol. The van der Waals surface area contributed by atoms with E-state index >= 15 is 0 Å². The second-order valence-electron chi connectivity index (χ2n) is 5.85. The van der Waals surface area contributed by atoms with Gasteiger partial charge in [0.15, 0.2) is 28.3 Å². The molecule has 1 heterocycles. The Bertz CT molecular complexity index is 967. The van der Waals surface area contributed by atoms with Crippen molar-refractivity contribution in [2.45, 2.75) is 32.4 Å². The standard InChI is InChI=1S/C16H13F4N5O4S/c1-2-9(30)29-5-6(25-7(26)3-4-8(25)27)22-16(28)10-11(17)12(18)13(19)14(20)15(10)23-24-21/h6H,2-5H2,1H3,(H,22,28). The Hall–Kier alpha value is -3.25. The first-order valence-electron chi connectivity index (χ1n) is 8.36. The number of nitrogens with one attached hydrogen (secondary N) is 1. The Labute approximate surface area is 171 Å². The summed E-state index contributed by atoms with van der Waals surface area (Å²) >= 11 is 4.86. The van der Waals surface area contributed by atoms with Gasteiger partial charge < -0.3 is 10.1 Å². The molecule has 1 N–H and O–H groups in total. The number of carbonyl (C=O) groups is 3. The second kappa shape index (κ2) is 9.50. The minimum Gasteiger partial charge on any atom is -0.483 e. The molecule has 14 heteroatoms. The Morgan fingerprint density at radius 1 is 1.20 bits per heavy atom. The number of amides is 3. The average Bonchev–Trinajstić information content (AvgIpc) is 3.05. The highest BCUT2D eigenvalue weighted by molar-refractivity contribution is 7.80. The first kappa shape index (κ1) is 23.0. The van der Waals surface area contributed by atoms with Crippen molar-refractivity contribution in [2.24, 2.45) is 5.11 Å². The second-order valence-corrected chi connectivity index (χ2v) is 6.31. The van der Waals surface area contributed by atoms with E-state index in [-0.39, 0.29) is 24.3 Å². The van der Waals surface area contributed by atoms with Gasteiger partial charge in [0.25, 0.3) is 5.91 Å². The van der Waals surface area contributed by atoms with Gasteiger partial charge in [-0.15, -0.1) is 0 Å². The molecule has 3 amide bonds. The molecule has 1 fully saturated rings. The SMILES string of the molecule is CCC(=S)OCC(NC(=O)c1c(F)c(F)c(F)c(F)c1N=[N+]=[N-])N1C(=O)CCC1=O. The zero-order chi connectivity index (χ0) is 22.6. The lowest BCUT2D eigenvalue weighted by atomic mass is 10.1. The van der Waals surface area contributed by atoms with Gasteiger partial charge in [-0.05, 0) is 17.7 Å². The van der Waals surface area contributed by atoms with Gasteiger partial charge in [-0.25, -0.2) is 17.6 Å². The molecule has 2 rings (SSSR count). The maximum Gasteiger partial charge on any atom is 0.256 e. The minimum absolute atomic E-state index is 0.0631. The van der Waals surface area contributed by atoms with Gasteiger partial charge in [-0.3, -0.25) is 19.3 Å². The summed E-state index contributed by atoms with van der Waals surface area (Å²) in [6.07, 6.45) is -1.58. The first-order valence-corrected chi connectivity index (χ1v) is 8.77. The van der Waals surface area contributed by atoms with Gasteiger partial charge in [0.2, 0.25) is 11.8 Å². The molecule has 1 unspecified atom stereocenters. The molecule has 1 aromatic carbocycles. The number of carbonyl (C=O) groups excluding carboxylic acids is 3. The number of rotatable bonds is 7. The third-order valence-corrected chi connectivity index (χ3v) is 4.41. The minimum atomic E-state index is -2.32. The highest BCUT2D eigenvalue weighted by Crippen LogP contribution is 2.31. The molecule has 0 bridgehead atoms. The number of azide groups is 1. The molecule has 0 aliphatic carbocycles. The van der Waals surface area contributed by atoms with Crippen LogP contribution in [0.2, 0.25) is 0 Å². The number of nitrogens with zero attached hydrogens (tertiary/aromatic N) is 4. The van der Waals surface area contributed by atoms with E-state index in [2.05, 4.69) is 10.0 Å². The number of ether oxygens (including phenoxy) is 1. The van der Waals surface area contributed by atoms with E-state index in [9.17, 15) is 31.9 Å². The van der Waals surface area contributed by atoms with Crippen LogP contribution in [0.5, 0.6) is 0 Å². The number of thiocarbonyl (C=S) groups is 1. The lowest BCUT2D eigenvalue weighted by molar-refractivity contribution is -0.142. The molecule has 0 radical (unpaired) electrons. The van der Waals surface area contributed by atoms with Gasteiger partial charge in [-0.1, -0.05) is 12.0 Å². The summed E-state index contributed by atoms with van der Waals surface area (Å²) in [5, 5.41) is 4.78. The van der Waals surface area contributed by atoms with Crippen LogP contribution in [0.3, 0.4) is 0 Å². The zero-order valence-corrected chi connectivity index (χ0v) is 16.1. The summed E-state index contributed by atoms with van der Waals surface area (Å²) in [5.74, 6) is -11.8. The normalized spacial score (nSPS) is 14.4. The molecule has 1 aliphatic heterocycles. The van der Waals surface area contributed by atoms with Gasteiger partial charge >= 0.3 is 0 Å². The Morgan fingerprint density at radius 2 is 1.77 bits per heavy atom. The summed E-state index contributed by atoms with van der Waals surface area (Å²) < 4.78 is 60.4. The molecule has 9 nitrogen and oxygen atoms in total. The zero-order valence-electron chi connectivity index (χ0n) is 15.2. The molecule has 1 aliphatic rings. The summed E-state index contributed by atoms with van der Waals surface area (Å²) in [6.45, 7) is 1.11. The van der Waals surface area contributed by atoms with Crippen molar-refractivity contribution >= 4 is 40.7 Å². The van der Waals surface area contributed by atoms with Gasteiger partial charge in [0.05, 0.1) is 11.3 Å². The monoisotopic (exact) mass is 447 g/mol. The van der Waals surface area contributed by atoms with Crippen molar-refractivity contribution in [3.8, 4) is 0 Å². The van der Waals surface area contributed by atoms with Crippen LogP contribution in [-0.4, -0.2) is 40.4 Å². The third-order valence-electron chi connectivity index (χ3n) is 4.00. The van der Waals surface area contributed by atoms with Crippen molar-refractivity contribution in [1.82, 2.24) is 10.2 Å². The molecule has 160 valence electrons. The topological polar surface area (TPSA) is 124 Å². The molecule has 0 aromatic heterocycles. The van der Waals surface area contributed by atoms with Crippen molar-refractivity contribution in [2.75, 3.05) is 6.61 Å². The van der Waals surface area contributed by atoms with Gasteiger partial charge in [-0.2, -0.15) is 0 Å². The van der Waals surface area contributed by atoms with Gasteiger partial charge in [0, 0.05) is 24.2 Å². The lowest BCUT2D eigenvalue weighted by Crippen LogP contribution is -2.53. The van der Waals surface area contributed by atoms with Crippen molar-refractivity contribution < 1.29 is 36.7 Å². The smallest absolute Gasteiger partial charge is 0.256 e. The van der Waals surface area contributed by atoms with E-state index in [1.54, 1.807) is 6.92 Å². The summed E-state index contributed by atoms with van der Waals surface area (Å²) in [4.78, 5) is 39.3. The predicted molar refractivity (Wildman–Crippen MR) is 96.3 cm³/mol. The van der Waals surface area contributed by atoms with E-state index < -0.39 is 65.0 Å². The Morgan fingerprint density at radius 3 is 2.30 bits per heavy atom. The van der Waals surface area contributed by atoms with Crippen LogP contribution in [0.25, 0.3) is 10.4 Å². The van der Waals surface area contributed by atoms with Crippen molar-refractivity contribution in [3.63, 3.8) is 0 Å². The van der Waals surface area contributed by atoms with Crippen molar-refractivity contribution in [1.29, 1.82) is 0 Å². The maximum atomic E-state index is 14.2. The van der Waals surface area contributed by atoms with Crippen LogP contribution >= 0.6 is 12.2 Å². The number of hydrogen-bond donors (Lipinski definition) is 1. The third kappa shape index (κ3) is 4.49. The molecule has 0 saturated carbocycles. The van der Waals surface area contributed by atoms with E-state index in [0.29, 0.717) is 4.90 Å². The molecule has 30 heavy (non-hydrogen) atoms. The van der Waals surface area contributed by atoms with Crippen LogP contribution in [0, 0.1) is 23.3 Å². The lowest BCUT2D eigenvalue weighted by Gasteiger charge is -2.27. The fraction of sp³-hybridized carbons (Fsp3) is 0.375. The number of hydrogen-bond acceptors (Lipinski definition) is 6. The summed E-state index contributed by atoms with van der Waals surface area (Å²) in [6, 6.07) is 0.